The van der Waals surface area contributed by atoms with Gasteiger partial charge in [0.2, 0.25) is 0 Å². The van der Waals surface area contributed by atoms with Gasteiger partial charge in [0.1, 0.15) is 11.8 Å². The molecule has 178 valence electrons. The van der Waals surface area contributed by atoms with E-state index in [1.807, 2.05) is 0 Å². The highest BCUT2D eigenvalue weighted by Crippen LogP contribution is 2.45. The lowest BCUT2D eigenvalue weighted by Gasteiger charge is -2.42. The van der Waals surface area contributed by atoms with Gasteiger partial charge in [0.25, 0.3) is 0 Å². The van der Waals surface area contributed by atoms with Gasteiger partial charge < -0.3 is 9.72 Å². The number of hydrogen-bond acceptors (Lipinski definition) is 4. The van der Waals surface area contributed by atoms with Crippen LogP contribution in [0, 0.1) is 0 Å². The Kier molecular flexibility index (Phi) is 6.27. The molecule has 1 aromatic carbocycles. The molecule has 2 aliphatic heterocycles. The number of aromatic nitrogens is 1. The molecule has 0 spiro atoms. The second-order valence-electron chi connectivity index (χ2n) is 10.4. The smallest absolute Gasteiger partial charge is 0.174 e. The number of ether oxygens (including phenoxy) is 1. The molecule has 0 bridgehead atoms. The molecular weight excluding hydrogens is 433 g/mol. The monoisotopic (exact) mass is 469 g/mol. The molecule has 5 rings (SSSR count). The first-order valence-corrected chi connectivity index (χ1v) is 13.2. The van der Waals surface area contributed by atoms with Crippen molar-refractivity contribution in [3.8, 4) is 5.06 Å². The van der Waals surface area contributed by atoms with Gasteiger partial charge in [-0.3, -0.25) is 9.80 Å². The molecule has 6 heteroatoms. The highest BCUT2D eigenvalue weighted by Gasteiger charge is 2.39. The summed E-state index contributed by atoms with van der Waals surface area (Å²) in [6.45, 7) is 11.5. The van der Waals surface area contributed by atoms with E-state index in [2.05, 4.69) is 65.0 Å². The van der Waals surface area contributed by atoms with Crippen LogP contribution < -0.4 is 4.74 Å². The lowest BCUT2D eigenvalue weighted by atomic mass is 9.90. The van der Waals surface area contributed by atoms with Crippen LogP contribution in [0.1, 0.15) is 62.7 Å². The number of rotatable bonds is 7. The predicted molar refractivity (Wildman–Crippen MR) is 135 cm³/mol. The SMILES string of the molecule is CCCN1CC[C@H](Oc2ccc([C@@H]3c4[nH]c5ccccc5c4C[C@@H](C)N3CC(C)(C)F)s2)C1. The number of benzene rings is 1. The molecule has 33 heavy (non-hydrogen) atoms. The summed E-state index contributed by atoms with van der Waals surface area (Å²) in [6.07, 6.45) is 3.46. The Morgan fingerprint density at radius 2 is 2.03 bits per heavy atom. The van der Waals surface area contributed by atoms with Crippen molar-refractivity contribution in [2.45, 2.75) is 70.8 Å². The molecule has 3 atom stereocenters. The van der Waals surface area contributed by atoms with E-state index >= 15 is 0 Å². The van der Waals surface area contributed by atoms with E-state index < -0.39 is 5.67 Å². The molecular formula is C27H36FN3OS. The minimum atomic E-state index is -1.26. The van der Waals surface area contributed by atoms with Gasteiger partial charge in [0.05, 0.1) is 6.04 Å². The molecule has 2 aliphatic rings. The summed E-state index contributed by atoms with van der Waals surface area (Å²) in [5, 5.41) is 2.27. The van der Waals surface area contributed by atoms with Crippen LogP contribution in [0.5, 0.6) is 5.06 Å². The summed E-state index contributed by atoms with van der Waals surface area (Å²) < 4.78 is 21.3. The first-order valence-electron chi connectivity index (χ1n) is 12.4. The van der Waals surface area contributed by atoms with Gasteiger partial charge in [-0.2, -0.15) is 0 Å². The van der Waals surface area contributed by atoms with Crippen LogP contribution in [0.4, 0.5) is 4.39 Å². The molecule has 0 aliphatic carbocycles. The van der Waals surface area contributed by atoms with Crippen LogP contribution in [-0.4, -0.2) is 58.8 Å². The zero-order valence-electron chi connectivity index (χ0n) is 20.2. The summed E-state index contributed by atoms with van der Waals surface area (Å²) in [7, 11) is 0. The molecule has 2 aromatic heterocycles. The third-order valence-corrected chi connectivity index (χ3v) is 8.03. The van der Waals surface area contributed by atoms with Gasteiger partial charge in [0.15, 0.2) is 5.06 Å². The molecule has 1 fully saturated rings. The largest absolute Gasteiger partial charge is 0.479 e. The van der Waals surface area contributed by atoms with Crippen molar-refractivity contribution in [1.29, 1.82) is 0 Å². The van der Waals surface area contributed by atoms with Crippen molar-refractivity contribution in [2.75, 3.05) is 26.2 Å². The number of nitrogens with zero attached hydrogens (tertiary/aromatic N) is 2. The molecule has 0 amide bonds. The van der Waals surface area contributed by atoms with Crippen molar-refractivity contribution < 1.29 is 9.13 Å². The van der Waals surface area contributed by atoms with Gasteiger partial charge >= 0.3 is 0 Å². The van der Waals surface area contributed by atoms with E-state index in [9.17, 15) is 4.39 Å². The fourth-order valence-corrected chi connectivity index (χ4v) is 6.67. The van der Waals surface area contributed by atoms with Gasteiger partial charge in [0, 0.05) is 47.2 Å². The van der Waals surface area contributed by atoms with Gasteiger partial charge in [-0.1, -0.05) is 25.1 Å². The summed E-state index contributed by atoms with van der Waals surface area (Å²) in [4.78, 5) is 9.75. The summed E-state index contributed by atoms with van der Waals surface area (Å²) in [5.41, 5.74) is 2.48. The zero-order valence-corrected chi connectivity index (χ0v) is 21.1. The Labute approximate surface area is 200 Å². The number of H-pyrrole nitrogens is 1. The number of para-hydroxylation sites is 1. The maximum Gasteiger partial charge on any atom is 0.174 e. The minimum Gasteiger partial charge on any atom is -0.479 e. The van der Waals surface area contributed by atoms with Crippen molar-refractivity contribution >= 4 is 22.2 Å². The second kappa shape index (κ2) is 9.05. The Morgan fingerprint density at radius 1 is 1.21 bits per heavy atom. The van der Waals surface area contributed by atoms with E-state index in [0.717, 1.165) is 43.1 Å². The summed E-state index contributed by atoms with van der Waals surface area (Å²) in [5.74, 6) is 0. The number of aromatic amines is 1. The average molecular weight is 470 g/mol. The molecule has 4 nitrogen and oxygen atoms in total. The maximum atomic E-state index is 14.9. The van der Waals surface area contributed by atoms with Crippen molar-refractivity contribution in [3.05, 3.63) is 52.5 Å². The fraction of sp³-hybridized carbons (Fsp3) is 0.556. The topological polar surface area (TPSA) is 31.5 Å². The van der Waals surface area contributed by atoms with E-state index in [1.165, 1.54) is 27.9 Å². The van der Waals surface area contributed by atoms with Gasteiger partial charge in [-0.15, -0.1) is 11.3 Å². The minimum absolute atomic E-state index is 0.00805. The molecule has 1 N–H and O–H groups in total. The highest BCUT2D eigenvalue weighted by atomic mass is 32.1. The normalized spacial score (nSPS) is 24.5. The zero-order chi connectivity index (χ0) is 23.2. The van der Waals surface area contributed by atoms with E-state index in [1.54, 1.807) is 25.2 Å². The third kappa shape index (κ3) is 4.71. The number of thiophene rings is 1. The number of fused-ring (bicyclic) bond motifs is 3. The van der Waals surface area contributed by atoms with Gasteiger partial charge in [-0.25, -0.2) is 4.39 Å². The van der Waals surface area contributed by atoms with Crippen LogP contribution in [0.3, 0.4) is 0 Å². The van der Waals surface area contributed by atoms with Crippen molar-refractivity contribution in [3.63, 3.8) is 0 Å². The summed E-state index contributed by atoms with van der Waals surface area (Å²) in [6, 6.07) is 13.1. The van der Waals surface area contributed by atoms with Crippen LogP contribution in [0.25, 0.3) is 10.9 Å². The predicted octanol–water partition coefficient (Wildman–Crippen LogP) is 6.18. The van der Waals surface area contributed by atoms with Crippen LogP contribution in [-0.2, 0) is 6.42 Å². The Bertz CT molecular complexity index is 1100. The molecule has 3 aromatic rings. The Hall–Kier alpha value is -1.89. The number of halogens is 1. The molecule has 0 unspecified atom stereocenters. The van der Waals surface area contributed by atoms with E-state index in [4.69, 9.17) is 4.74 Å². The standard InChI is InChI=1S/C27H36FN3OS/c1-5-13-30-14-12-19(16-30)32-24-11-10-23(33-24)26-25-21(20-8-6-7-9-22(20)29-25)15-18(2)31(26)17-27(3,4)28/h6-11,18-19,26,29H,5,12-17H2,1-4H3/t18-,19+,26-/m1/s1. The van der Waals surface area contributed by atoms with E-state index in [0.29, 0.717) is 6.54 Å². The highest BCUT2D eigenvalue weighted by molar-refractivity contribution is 7.13. The number of hydrogen-bond donors (Lipinski definition) is 1. The molecule has 0 saturated carbocycles. The number of alkyl halides is 1. The second-order valence-corrected chi connectivity index (χ2v) is 11.5. The Morgan fingerprint density at radius 3 is 2.82 bits per heavy atom. The molecule has 4 heterocycles. The lowest BCUT2D eigenvalue weighted by Crippen LogP contribution is -2.47. The quantitative estimate of drug-likeness (QED) is 0.449. The number of likely N-dealkylation sites (tertiary alicyclic amines) is 1. The van der Waals surface area contributed by atoms with Crippen molar-refractivity contribution in [2.24, 2.45) is 0 Å². The first kappa shape index (κ1) is 22.9. The van der Waals surface area contributed by atoms with Crippen LogP contribution >= 0.6 is 11.3 Å². The van der Waals surface area contributed by atoms with E-state index in [-0.39, 0.29) is 18.2 Å². The van der Waals surface area contributed by atoms with Gasteiger partial charge in [-0.05, 0) is 70.3 Å². The molecule has 0 radical (unpaired) electrons. The van der Waals surface area contributed by atoms with Crippen LogP contribution in [0.15, 0.2) is 36.4 Å². The first-order chi connectivity index (χ1) is 15.8. The third-order valence-electron chi connectivity index (χ3n) is 7.00. The fourth-order valence-electron chi connectivity index (χ4n) is 5.62. The van der Waals surface area contributed by atoms with Crippen molar-refractivity contribution in [1.82, 2.24) is 14.8 Å². The van der Waals surface area contributed by atoms with Crippen LogP contribution in [0.2, 0.25) is 0 Å². The Balaban J connectivity index is 1.47. The number of nitrogens with one attached hydrogen (secondary N) is 1. The summed E-state index contributed by atoms with van der Waals surface area (Å²) >= 11 is 1.72. The lowest BCUT2D eigenvalue weighted by molar-refractivity contribution is 0.0679. The maximum absolute atomic E-state index is 14.9. The molecule has 1 saturated heterocycles. The average Bonchev–Trinajstić information content (AvgIpc) is 3.48.